The average Bonchev–Trinajstić information content (AvgIpc) is 2.27. The molecule has 0 aromatic rings. The van der Waals surface area contributed by atoms with E-state index in [9.17, 15) is 0 Å². The van der Waals surface area contributed by atoms with Gasteiger partial charge in [-0.3, -0.25) is 0 Å². The molecule has 0 spiro atoms. The molecule has 0 aliphatic carbocycles. The van der Waals surface area contributed by atoms with Crippen molar-refractivity contribution in [1.29, 1.82) is 0 Å². The first-order chi connectivity index (χ1) is 7.22. The van der Waals surface area contributed by atoms with E-state index in [-0.39, 0.29) is 0 Å². The van der Waals surface area contributed by atoms with Crippen molar-refractivity contribution in [3.63, 3.8) is 0 Å². The predicted octanol–water partition coefficient (Wildman–Crippen LogP) is 2.66. The lowest BCUT2D eigenvalue weighted by Crippen LogP contribution is -2.29. The number of rotatable bonds is 6. The molecule has 3 heteroatoms. The Bertz CT molecular complexity index is 160. The fourth-order valence-corrected chi connectivity index (χ4v) is 2.83. The van der Waals surface area contributed by atoms with Crippen LogP contribution in [0.5, 0.6) is 0 Å². The Kier molecular flexibility index (Phi) is 6.69. The number of ether oxygens (including phenoxy) is 1. The zero-order chi connectivity index (χ0) is 11.1. The van der Waals surface area contributed by atoms with Gasteiger partial charge in [-0.1, -0.05) is 13.8 Å². The van der Waals surface area contributed by atoms with Crippen molar-refractivity contribution in [1.82, 2.24) is 0 Å². The maximum Gasteiger partial charge on any atom is 0.0468 e. The average molecular weight is 231 g/mol. The highest BCUT2D eigenvalue weighted by Crippen LogP contribution is 2.22. The van der Waals surface area contributed by atoms with Gasteiger partial charge < -0.3 is 10.5 Å². The van der Waals surface area contributed by atoms with Crippen molar-refractivity contribution >= 4 is 11.8 Å². The van der Waals surface area contributed by atoms with Gasteiger partial charge in [-0.05, 0) is 31.6 Å². The van der Waals surface area contributed by atoms with Crippen LogP contribution in [0.2, 0.25) is 0 Å². The minimum absolute atomic E-state index is 0.382. The molecule has 0 amide bonds. The third-order valence-corrected chi connectivity index (χ3v) is 4.67. The van der Waals surface area contributed by atoms with Crippen LogP contribution in [0.4, 0.5) is 0 Å². The molecule has 1 rings (SSSR count). The standard InChI is InChI=1S/C12H25NOS/c1-3-10(2)15-9-12(13)8-11-4-6-14-7-5-11/h10-12H,3-9,13H2,1-2H3. The summed E-state index contributed by atoms with van der Waals surface area (Å²) in [6, 6.07) is 0.382. The quantitative estimate of drug-likeness (QED) is 0.763. The summed E-state index contributed by atoms with van der Waals surface area (Å²) in [6.07, 6.45) is 4.85. The van der Waals surface area contributed by atoms with Crippen molar-refractivity contribution in [2.45, 2.75) is 50.8 Å². The zero-order valence-electron chi connectivity index (χ0n) is 10.1. The predicted molar refractivity (Wildman–Crippen MR) is 68.3 cm³/mol. The molecule has 2 nitrogen and oxygen atoms in total. The van der Waals surface area contributed by atoms with E-state index >= 15 is 0 Å². The normalized spacial score (nSPS) is 22.6. The fourth-order valence-electron chi connectivity index (χ4n) is 1.88. The molecule has 1 aliphatic rings. The van der Waals surface area contributed by atoms with Crippen molar-refractivity contribution in [3.8, 4) is 0 Å². The molecule has 0 aromatic heterocycles. The van der Waals surface area contributed by atoms with Gasteiger partial charge >= 0.3 is 0 Å². The van der Waals surface area contributed by atoms with Gasteiger partial charge in [0.2, 0.25) is 0 Å². The molecule has 0 bridgehead atoms. The van der Waals surface area contributed by atoms with Crippen LogP contribution in [0.25, 0.3) is 0 Å². The minimum atomic E-state index is 0.382. The van der Waals surface area contributed by atoms with Crippen molar-refractivity contribution in [2.75, 3.05) is 19.0 Å². The van der Waals surface area contributed by atoms with Gasteiger partial charge in [-0.15, -0.1) is 0 Å². The first-order valence-corrected chi connectivity index (χ1v) is 7.22. The molecule has 2 atom stereocenters. The van der Waals surface area contributed by atoms with Gasteiger partial charge in [0.25, 0.3) is 0 Å². The number of thioether (sulfide) groups is 1. The lowest BCUT2D eigenvalue weighted by Gasteiger charge is -2.25. The summed E-state index contributed by atoms with van der Waals surface area (Å²) in [5, 5.41) is 0.755. The third kappa shape index (κ3) is 5.79. The molecule has 0 radical (unpaired) electrons. The number of hydrogen-bond donors (Lipinski definition) is 1. The molecule has 1 aliphatic heterocycles. The maximum absolute atomic E-state index is 6.15. The summed E-state index contributed by atoms with van der Waals surface area (Å²) in [6.45, 7) is 6.40. The SMILES string of the molecule is CCC(C)SCC(N)CC1CCOCC1. The monoisotopic (exact) mass is 231 g/mol. The van der Waals surface area contributed by atoms with Crippen LogP contribution < -0.4 is 5.73 Å². The summed E-state index contributed by atoms with van der Waals surface area (Å²) >= 11 is 2.02. The van der Waals surface area contributed by atoms with Gasteiger partial charge in [0, 0.05) is 30.3 Å². The van der Waals surface area contributed by atoms with E-state index in [2.05, 4.69) is 13.8 Å². The smallest absolute Gasteiger partial charge is 0.0468 e. The molecular formula is C12H25NOS. The van der Waals surface area contributed by atoms with Gasteiger partial charge in [-0.25, -0.2) is 0 Å². The van der Waals surface area contributed by atoms with E-state index < -0.39 is 0 Å². The van der Waals surface area contributed by atoms with Gasteiger partial charge in [0.05, 0.1) is 0 Å². The Labute approximate surface area is 98.3 Å². The van der Waals surface area contributed by atoms with Crippen LogP contribution in [0.15, 0.2) is 0 Å². The van der Waals surface area contributed by atoms with Crippen LogP contribution in [0, 0.1) is 5.92 Å². The van der Waals surface area contributed by atoms with E-state index in [4.69, 9.17) is 10.5 Å². The molecule has 90 valence electrons. The molecule has 2 unspecified atom stereocenters. The van der Waals surface area contributed by atoms with Crippen LogP contribution >= 0.6 is 11.8 Å². The molecular weight excluding hydrogens is 206 g/mol. The summed E-state index contributed by atoms with van der Waals surface area (Å²) in [5.74, 6) is 1.93. The fraction of sp³-hybridized carbons (Fsp3) is 1.00. The molecule has 0 saturated carbocycles. The first kappa shape index (κ1) is 13.3. The highest BCUT2D eigenvalue weighted by Gasteiger charge is 2.17. The Morgan fingerprint density at radius 3 is 2.67 bits per heavy atom. The van der Waals surface area contributed by atoms with E-state index in [1.54, 1.807) is 0 Å². The third-order valence-electron chi connectivity index (χ3n) is 3.15. The highest BCUT2D eigenvalue weighted by molar-refractivity contribution is 7.99. The molecule has 15 heavy (non-hydrogen) atoms. The van der Waals surface area contributed by atoms with Crippen LogP contribution in [0.3, 0.4) is 0 Å². The summed E-state index contributed by atoms with van der Waals surface area (Å²) in [7, 11) is 0. The van der Waals surface area contributed by atoms with Crippen LogP contribution in [-0.2, 0) is 4.74 Å². The van der Waals surface area contributed by atoms with E-state index in [0.717, 1.165) is 30.1 Å². The van der Waals surface area contributed by atoms with E-state index in [1.807, 2.05) is 11.8 Å². The molecule has 1 heterocycles. The lowest BCUT2D eigenvalue weighted by molar-refractivity contribution is 0.0625. The summed E-state index contributed by atoms with van der Waals surface area (Å²) < 4.78 is 5.35. The van der Waals surface area contributed by atoms with Crippen molar-refractivity contribution in [2.24, 2.45) is 11.7 Å². The highest BCUT2D eigenvalue weighted by atomic mass is 32.2. The van der Waals surface area contributed by atoms with Crippen molar-refractivity contribution in [3.05, 3.63) is 0 Å². The largest absolute Gasteiger partial charge is 0.381 e. The topological polar surface area (TPSA) is 35.2 Å². The second kappa shape index (κ2) is 7.53. The summed E-state index contributed by atoms with van der Waals surface area (Å²) in [4.78, 5) is 0. The Balaban J connectivity index is 2.08. The number of hydrogen-bond acceptors (Lipinski definition) is 3. The van der Waals surface area contributed by atoms with E-state index in [0.29, 0.717) is 6.04 Å². The lowest BCUT2D eigenvalue weighted by atomic mass is 9.93. The second-order valence-corrected chi connectivity index (χ2v) is 6.08. The first-order valence-electron chi connectivity index (χ1n) is 6.17. The Morgan fingerprint density at radius 2 is 2.07 bits per heavy atom. The molecule has 0 aromatic carbocycles. The molecule has 2 N–H and O–H groups in total. The van der Waals surface area contributed by atoms with Crippen LogP contribution in [-0.4, -0.2) is 30.3 Å². The van der Waals surface area contributed by atoms with Crippen LogP contribution in [0.1, 0.15) is 39.5 Å². The summed E-state index contributed by atoms with van der Waals surface area (Å²) in [5.41, 5.74) is 6.15. The van der Waals surface area contributed by atoms with Crippen molar-refractivity contribution < 1.29 is 4.74 Å². The zero-order valence-corrected chi connectivity index (χ0v) is 10.9. The minimum Gasteiger partial charge on any atom is -0.381 e. The molecule has 1 fully saturated rings. The Hall–Kier alpha value is 0.270. The van der Waals surface area contributed by atoms with Gasteiger partial charge in [0.15, 0.2) is 0 Å². The van der Waals surface area contributed by atoms with Gasteiger partial charge in [0.1, 0.15) is 0 Å². The Morgan fingerprint density at radius 1 is 1.40 bits per heavy atom. The molecule has 1 saturated heterocycles. The van der Waals surface area contributed by atoms with Gasteiger partial charge in [-0.2, -0.15) is 11.8 Å². The number of nitrogens with two attached hydrogens (primary N) is 1. The second-order valence-electron chi connectivity index (χ2n) is 4.60. The maximum atomic E-state index is 6.15. The van der Waals surface area contributed by atoms with E-state index in [1.165, 1.54) is 25.7 Å².